The first-order valence-electron chi connectivity index (χ1n) is 8.14. The molecule has 1 aromatic carbocycles. The van der Waals surface area contributed by atoms with E-state index in [1.807, 2.05) is 30.3 Å². The monoisotopic (exact) mass is 310 g/mol. The normalized spacial score (nSPS) is 21.1. The molecule has 0 saturated heterocycles. The van der Waals surface area contributed by atoms with Gasteiger partial charge in [-0.1, -0.05) is 43.7 Å². The zero-order chi connectivity index (χ0) is 16.2. The van der Waals surface area contributed by atoms with Gasteiger partial charge < -0.3 is 10.0 Å². The van der Waals surface area contributed by atoms with Crippen LogP contribution in [0.3, 0.4) is 0 Å². The Labute approximate surface area is 136 Å². The molecule has 23 heavy (non-hydrogen) atoms. The van der Waals surface area contributed by atoms with Crippen LogP contribution in [0.5, 0.6) is 0 Å². The number of fused-ring (bicyclic) bond motifs is 1. The second-order valence-corrected chi connectivity index (χ2v) is 6.08. The van der Waals surface area contributed by atoms with E-state index < -0.39 is 6.10 Å². The number of rotatable bonds is 4. The first kappa shape index (κ1) is 15.7. The molecule has 2 atom stereocenters. The molecule has 1 N–H and O–H groups in total. The van der Waals surface area contributed by atoms with Crippen molar-refractivity contribution in [2.75, 3.05) is 0 Å². The number of nitrogens with zero attached hydrogens (tertiary/aromatic N) is 2. The third kappa shape index (κ3) is 3.27. The maximum atomic E-state index is 12.4. The molecule has 1 saturated carbocycles. The fourth-order valence-corrected chi connectivity index (χ4v) is 3.41. The molecule has 4 heteroatoms. The number of carbonyl (C=O) groups is 1. The number of pyridine rings is 1. The van der Waals surface area contributed by atoms with Crippen LogP contribution < -0.4 is 0 Å². The molecule has 120 valence electrons. The Bertz CT molecular complexity index is 708. The van der Waals surface area contributed by atoms with Crippen molar-refractivity contribution in [1.29, 1.82) is 0 Å². The van der Waals surface area contributed by atoms with E-state index in [1.54, 1.807) is 11.1 Å². The fraction of sp³-hybridized carbons (Fsp3) is 0.368. The van der Waals surface area contributed by atoms with Crippen LogP contribution in [-0.4, -0.2) is 33.0 Å². The number of benzene rings is 1. The van der Waals surface area contributed by atoms with E-state index in [2.05, 4.69) is 11.6 Å². The molecule has 1 heterocycles. The summed E-state index contributed by atoms with van der Waals surface area (Å²) in [6.07, 6.45) is 6.27. The molecule has 0 radical (unpaired) electrons. The minimum atomic E-state index is -0.462. The fourth-order valence-electron chi connectivity index (χ4n) is 3.41. The number of aliphatic hydroxyl groups is 1. The molecule has 1 aliphatic carbocycles. The van der Waals surface area contributed by atoms with Crippen molar-refractivity contribution in [3.05, 3.63) is 54.7 Å². The molecular weight excluding hydrogens is 288 g/mol. The van der Waals surface area contributed by atoms with E-state index in [9.17, 15) is 9.90 Å². The number of amides is 1. The van der Waals surface area contributed by atoms with Gasteiger partial charge in [-0.25, -0.2) is 0 Å². The molecular formula is C19H22N2O2. The topological polar surface area (TPSA) is 53.4 Å². The number of hydrogen-bond acceptors (Lipinski definition) is 3. The lowest BCUT2D eigenvalue weighted by atomic mass is 9.91. The number of hydrogen-bond donors (Lipinski definition) is 1. The van der Waals surface area contributed by atoms with Gasteiger partial charge >= 0.3 is 0 Å². The van der Waals surface area contributed by atoms with Gasteiger partial charge in [-0.15, -0.1) is 0 Å². The minimum Gasteiger partial charge on any atom is -0.391 e. The van der Waals surface area contributed by atoms with E-state index in [0.29, 0.717) is 6.54 Å². The van der Waals surface area contributed by atoms with Gasteiger partial charge in [-0.3, -0.25) is 9.78 Å². The smallest absolute Gasteiger partial charge is 0.246 e. The van der Waals surface area contributed by atoms with Crippen molar-refractivity contribution < 1.29 is 9.90 Å². The zero-order valence-corrected chi connectivity index (χ0v) is 13.2. The third-order valence-electron chi connectivity index (χ3n) is 4.61. The van der Waals surface area contributed by atoms with Crippen LogP contribution in [0.25, 0.3) is 10.9 Å². The summed E-state index contributed by atoms with van der Waals surface area (Å²) in [6, 6.07) is 9.76. The van der Waals surface area contributed by atoms with Crippen LogP contribution >= 0.6 is 0 Å². The Morgan fingerprint density at radius 1 is 1.30 bits per heavy atom. The summed E-state index contributed by atoms with van der Waals surface area (Å²) in [6.45, 7) is 4.06. The van der Waals surface area contributed by atoms with Gasteiger partial charge in [0, 0.05) is 18.1 Å². The Balaban J connectivity index is 1.94. The molecule has 2 aromatic rings. The van der Waals surface area contributed by atoms with Crippen LogP contribution in [0.4, 0.5) is 0 Å². The van der Waals surface area contributed by atoms with Crippen molar-refractivity contribution in [2.45, 2.75) is 44.4 Å². The molecule has 3 rings (SSSR count). The predicted molar refractivity (Wildman–Crippen MR) is 90.8 cm³/mol. The van der Waals surface area contributed by atoms with E-state index in [0.717, 1.165) is 42.1 Å². The summed E-state index contributed by atoms with van der Waals surface area (Å²) in [5, 5.41) is 11.4. The lowest BCUT2D eigenvalue weighted by Gasteiger charge is -2.37. The van der Waals surface area contributed by atoms with Crippen LogP contribution in [0.15, 0.2) is 49.2 Å². The molecule has 0 spiro atoms. The number of carbonyl (C=O) groups excluding carboxylic acids is 1. The van der Waals surface area contributed by atoms with Crippen LogP contribution in [0, 0.1) is 0 Å². The number of aliphatic hydroxyl groups excluding tert-OH is 1. The van der Waals surface area contributed by atoms with Crippen molar-refractivity contribution >= 4 is 16.8 Å². The van der Waals surface area contributed by atoms with Crippen molar-refractivity contribution in [3.8, 4) is 0 Å². The molecule has 1 aromatic heterocycles. The lowest BCUT2D eigenvalue weighted by Crippen LogP contribution is -2.47. The SMILES string of the molecule is C=CC(=O)N(Cc1cccc2cccnc12)[C@@H]1CCCC[C@H]1O. The van der Waals surface area contributed by atoms with Gasteiger partial charge in [0.05, 0.1) is 17.7 Å². The maximum Gasteiger partial charge on any atom is 0.246 e. The van der Waals surface area contributed by atoms with Crippen LogP contribution in [-0.2, 0) is 11.3 Å². The van der Waals surface area contributed by atoms with E-state index in [-0.39, 0.29) is 11.9 Å². The first-order chi connectivity index (χ1) is 11.2. The molecule has 1 fully saturated rings. The van der Waals surface area contributed by atoms with Gasteiger partial charge in [0.2, 0.25) is 5.91 Å². The van der Waals surface area contributed by atoms with Gasteiger partial charge in [0.15, 0.2) is 0 Å². The first-order valence-corrected chi connectivity index (χ1v) is 8.14. The average molecular weight is 310 g/mol. The van der Waals surface area contributed by atoms with Gasteiger partial charge in [-0.2, -0.15) is 0 Å². The molecule has 4 nitrogen and oxygen atoms in total. The summed E-state index contributed by atoms with van der Waals surface area (Å²) in [5.41, 5.74) is 1.90. The molecule has 0 bridgehead atoms. The Kier molecular flexibility index (Phi) is 4.72. The van der Waals surface area contributed by atoms with Gasteiger partial charge in [0.25, 0.3) is 0 Å². The highest BCUT2D eigenvalue weighted by Crippen LogP contribution is 2.26. The Morgan fingerprint density at radius 2 is 2.09 bits per heavy atom. The predicted octanol–water partition coefficient (Wildman–Crippen LogP) is 3.05. The van der Waals surface area contributed by atoms with Crippen molar-refractivity contribution in [2.24, 2.45) is 0 Å². The summed E-state index contributed by atoms with van der Waals surface area (Å²) >= 11 is 0. The highest BCUT2D eigenvalue weighted by molar-refractivity contribution is 5.88. The zero-order valence-electron chi connectivity index (χ0n) is 13.2. The second kappa shape index (κ2) is 6.92. The van der Waals surface area contributed by atoms with E-state index in [1.165, 1.54) is 6.08 Å². The second-order valence-electron chi connectivity index (χ2n) is 6.08. The average Bonchev–Trinajstić information content (AvgIpc) is 2.60. The molecule has 1 aliphatic rings. The van der Waals surface area contributed by atoms with E-state index >= 15 is 0 Å². The van der Waals surface area contributed by atoms with Crippen LogP contribution in [0.2, 0.25) is 0 Å². The van der Waals surface area contributed by atoms with Gasteiger partial charge in [-0.05, 0) is 30.5 Å². The summed E-state index contributed by atoms with van der Waals surface area (Å²) in [7, 11) is 0. The van der Waals surface area contributed by atoms with Gasteiger partial charge in [0.1, 0.15) is 0 Å². The maximum absolute atomic E-state index is 12.4. The van der Waals surface area contributed by atoms with Crippen molar-refractivity contribution in [3.63, 3.8) is 0 Å². The Hall–Kier alpha value is -2.20. The molecule has 0 unspecified atom stereocenters. The highest BCUT2D eigenvalue weighted by atomic mass is 16.3. The Morgan fingerprint density at radius 3 is 2.87 bits per heavy atom. The molecule has 0 aliphatic heterocycles. The summed E-state index contributed by atoms with van der Waals surface area (Å²) in [5.74, 6) is -0.135. The largest absolute Gasteiger partial charge is 0.391 e. The van der Waals surface area contributed by atoms with Crippen molar-refractivity contribution in [1.82, 2.24) is 9.88 Å². The highest BCUT2D eigenvalue weighted by Gasteiger charge is 2.31. The number of para-hydroxylation sites is 1. The quantitative estimate of drug-likeness (QED) is 0.883. The van der Waals surface area contributed by atoms with E-state index in [4.69, 9.17) is 0 Å². The number of aromatic nitrogens is 1. The third-order valence-corrected chi connectivity index (χ3v) is 4.61. The van der Waals surface area contributed by atoms with Crippen LogP contribution in [0.1, 0.15) is 31.2 Å². The standard InChI is InChI=1S/C19H22N2O2/c1-2-18(23)21(16-10-3-4-11-17(16)22)13-15-8-5-7-14-9-6-12-20-19(14)15/h2,5-9,12,16-17,22H,1,3-4,10-11,13H2/t16-,17-/m1/s1. The summed E-state index contributed by atoms with van der Waals surface area (Å²) in [4.78, 5) is 18.6. The minimum absolute atomic E-state index is 0.135. The molecule has 1 amide bonds. The lowest BCUT2D eigenvalue weighted by molar-refractivity contribution is -0.132. The summed E-state index contributed by atoms with van der Waals surface area (Å²) < 4.78 is 0.